The molecule has 1 saturated heterocycles. The van der Waals surface area contributed by atoms with Gasteiger partial charge in [0.1, 0.15) is 16.2 Å². The van der Waals surface area contributed by atoms with Gasteiger partial charge in [-0.15, -0.1) is 0 Å². The number of carbonyl (C=O) groups excluding carboxylic acids is 1. The smallest absolute Gasteiger partial charge is 0.266 e. The number of nitrogens with zero attached hydrogens (tertiary/aromatic N) is 1. The summed E-state index contributed by atoms with van der Waals surface area (Å²) >= 11 is 6.82. The van der Waals surface area contributed by atoms with E-state index in [1.54, 1.807) is 19.1 Å². The van der Waals surface area contributed by atoms with Crippen molar-refractivity contribution in [2.24, 2.45) is 0 Å². The molecule has 0 radical (unpaired) electrons. The third-order valence-electron chi connectivity index (χ3n) is 5.27. The maximum Gasteiger partial charge on any atom is 0.266 e. The maximum atomic E-state index is 13.0. The van der Waals surface area contributed by atoms with Crippen molar-refractivity contribution in [1.29, 1.82) is 0 Å². The second kappa shape index (κ2) is 9.16. The Hall–Kier alpha value is -2.77. The molecule has 4 rings (SSSR count). The largest absolute Gasteiger partial charge is 0.497 e. The Bertz CT molecular complexity index is 1080. The Morgan fingerprint density at radius 2 is 1.94 bits per heavy atom. The van der Waals surface area contributed by atoms with Gasteiger partial charge in [-0.3, -0.25) is 9.69 Å². The summed E-state index contributed by atoms with van der Waals surface area (Å²) in [6.07, 6.45) is 4.45. The van der Waals surface area contributed by atoms with Crippen molar-refractivity contribution in [2.75, 3.05) is 20.8 Å². The highest BCUT2D eigenvalue weighted by Crippen LogP contribution is 2.39. The van der Waals surface area contributed by atoms with Crippen LogP contribution in [0.25, 0.3) is 6.08 Å². The van der Waals surface area contributed by atoms with E-state index >= 15 is 0 Å². The summed E-state index contributed by atoms with van der Waals surface area (Å²) in [6.45, 7) is 2.50. The summed E-state index contributed by atoms with van der Waals surface area (Å²) in [5.41, 5.74) is 2.98. The van der Waals surface area contributed by atoms with Crippen LogP contribution in [0.5, 0.6) is 17.2 Å². The molecule has 2 heterocycles. The molecule has 5 nitrogen and oxygen atoms in total. The molecule has 2 aliphatic rings. The highest BCUT2D eigenvalue weighted by atomic mass is 32.2. The molecule has 7 heteroatoms. The Kier molecular flexibility index (Phi) is 6.34. The van der Waals surface area contributed by atoms with E-state index in [9.17, 15) is 4.79 Å². The van der Waals surface area contributed by atoms with E-state index in [1.165, 1.54) is 11.8 Å². The third-order valence-corrected chi connectivity index (χ3v) is 6.65. The van der Waals surface area contributed by atoms with Gasteiger partial charge in [-0.1, -0.05) is 48.2 Å². The first-order chi connectivity index (χ1) is 15.0. The van der Waals surface area contributed by atoms with Crippen molar-refractivity contribution < 1.29 is 19.0 Å². The summed E-state index contributed by atoms with van der Waals surface area (Å²) in [7, 11) is 3.27. The van der Waals surface area contributed by atoms with Gasteiger partial charge in [0, 0.05) is 12.1 Å². The van der Waals surface area contributed by atoms with Gasteiger partial charge in [-0.2, -0.15) is 0 Å². The van der Waals surface area contributed by atoms with E-state index < -0.39 is 0 Å². The first kappa shape index (κ1) is 21.5. The Morgan fingerprint density at radius 3 is 2.65 bits per heavy atom. The van der Waals surface area contributed by atoms with E-state index in [0.717, 1.165) is 34.6 Å². The third kappa shape index (κ3) is 4.48. The maximum absolute atomic E-state index is 13.0. The van der Waals surface area contributed by atoms with E-state index in [0.29, 0.717) is 21.5 Å². The van der Waals surface area contributed by atoms with E-state index in [1.807, 2.05) is 61.5 Å². The van der Waals surface area contributed by atoms with Crippen LogP contribution in [0.4, 0.5) is 0 Å². The molecule has 0 saturated carbocycles. The number of para-hydroxylation sites is 1. The molecule has 2 aromatic carbocycles. The topological polar surface area (TPSA) is 48.0 Å². The van der Waals surface area contributed by atoms with Gasteiger partial charge in [-0.25, -0.2) is 0 Å². The molecule has 1 amide bonds. The summed E-state index contributed by atoms with van der Waals surface area (Å²) in [5.74, 6) is 2.17. The van der Waals surface area contributed by atoms with Gasteiger partial charge in [0.25, 0.3) is 5.91 Å². The van der Waals surface area contributed by atoms with Crippen molar-refractivity contribution in [3.05, 3.63) is 70.1 Å². The average Bonchev–Trinajstić information content (AvgIpc) is 3.05. The molecule has 2 aromatic rings. The van der Waals surface area contributed by atoms with Crippen LogP contribution in [0.3, 0.4) is 0 Å². The minimum absolute atomic E-state index is 0.0620. The normalized spacial score (nSPS) is 19.2. The number of thioether (sulfide) groups is 1. The van der Waals surface area contributed by atoms with Crippen molar-refractivity contribution in [1.82, 2.24) is 4.90 Å². The van der Waals surface area contributed by atoms with E-state index in [2.05, 4.69) is 0 Å². The van der Waals surface area contributed by atoms with Crippen molar-refractivity contribution in [2.45, 2.75) is 19.4 Å². The average molecular weight is 454 g/mol. The molecular weight excluding hydrogens is 430 g/mol. The fraction of sp³-hybridized carbons (Fsp3) is 0.250. The van der Waals surface area contributed by atoms with Crippen molar-refractivity contribution in [3.63, 3.8) is 0 Å². The number of methoxy groups -OCH3 is 2. The van der Waals surface area contributed by atoms with Gasteiger partial charge in [0.15, 0.2) is 11.5 Å². The lowest BCUT2D eigenvalue weighted by molar-refractivity contribution is -0.122. The molecule has 0 spiro atoms. The van der Waals surface area contributed by atoms with Crippen LogP contribution >= 0.6 is 24.0 Å². The van der Waals surface area contributed by atoms with Gasteiger partial charge < -0.3 is 14.2 Å². The second-order valence-electron chi connectivity index (χ2n) is 7.21. The number of amides is 1. The lowest BCUT2D eigenvalue weighted by Crippen LogP contribution is -2.30. The molecular formula is C24H23NO4S2. The number of hydrogen-bond donors (Lipinski definition) is 0. The minimum atomic E-state index is -0.202. The zero-order valence-electron chi connectivity index (χ0n) is 17.6. The van der Waals surface area contributed by atoms with Gasteiger partial charge >= 0.3 is 0 Å². The fourth-order valence-electron chi connectivity index (χ4n) is 3.51. The Balaban J connectivity index is 1.50. The predicted octanol–water partition coefficient (Wildman–Crippen LogP) is 4.86. The monoisotopic (exact) mass is 453 g/mol. The first-order valence-electron chi connectivity index (χ1n) is 9.93. The summed E-state index contributed by atoms with van der Waals surface area (Å²) < 4.78 is 17.2. The molecule has 0 aliphatic carbocycles. The second-order valence-corrected chi connectivity index (χ2v) is 8.89. The molecule has 1 unspecified atom stereocenters. The number of thiocarbonyl (C=S) groups is 1. The number of carbonyl (C=O) groups is 1. The summed E-state index contributed by atoms with van der Waals surface area (Å²) in [5, 5.41) is 0. The van der Waals surface area contributed by atoms with Gasteiger partial charge in [0.2, 0.25) is 0 Å². The molecule has 2 aliphatic heterocycles. The molecule has 1 atom stereocenters. The van der Waals surface area contributed by atoms with Crippen LogP contribution in [0, 0.1) is 0 Å². The number of benzene rings is 2. The van der Waals surface area contributed by atoms with E-state index in [-0.39, 0.29) is 12.0 Å². The Labute approximate surface area is 191 Å². The predicted molar refractivity (Wildman–Crippen MR) is 128 cm³/mol. The molecule has 0 aromatic heterocycles. The molecule has 1 fully saturated rings. The zero-order chi connectivity index (χ0) is 22.0. The minimum Gasteiger partial charge on any atom is -0.497 e. The lowest BCUT2D eigenvalue weighted by atomic mass is 10.0. The van der Waals surface area contributed by atoms with Crippen molar-refractivity contribution in [3.8, 4) is 17.2 Å². The van der Waals surface area contributed by atoms with Crippen LogP contribution in [-0.4, -0.2) is 42.0 Å². The van der Waals surface area contributed by atoms with Crippen LogP contribution in [-0.2, 0) is 11.2 Å². The van der Waals surface area contributed by atoms with Crippen LogP contribution < -0.4 is 14.2 Å². The lowest BCUT2D eigenvalue weighted by Gasteiger charge is -2.24. The first-order valence-corrected chi connectivity index (χ1v) is 11.2. The quantitative estimate of drug-likeness (QED) is 0.460. The number of rotatable bonds is 6. The van der Waals surface area contributed by atoms with Crippen LogP contribution in [0.1, 0.15) is 18.1 Å². The highest BCUT2D eigenvalue weighted by molar-refractivity contribution is 8.26. The molecule has 0 bridgehead atoms. The van der Waals surface area contributed by atoms with Crippen LogP contribution in [0.15, 0.2) is 59.0 Å². The van der Waals surface area contributed by atoms with Crippen LogP contribution in [0.2, 0.25) is 0 Å². The van der Waals surface area contributed by atoms with E-state index in [4.69, 9.17) is 26.4 Å². The van der Waals surface area contributed by atoms with Gasteiger partial charge in [0.05, 0.1) is 19.1 Å². The molecule has 0 N–H and O–H groups in total. The highest BCUT2D eigenvalue weighted by Gasteiger charge is 2.33. The SMILES string of the molecule is COc1ccc(CCN2C(=O)/C(=C/C3=Cc4cccc(OC)c4OC3C)SC2=S)cc1. The summed E-state index contributed by atoms with van der Waals surface area (Å²) in [6, 6.07) is 13.6. The van der Waals surface area contributed by atoms with Crippen molar-refractivity contribution >= 4 is 40.3 Å². The van der Waals surface area contributed by atoms with Gasteiger partial charge in [-0.05, 0) is 54.8 Å². The number of hydrogen-bond acceptors (Lipinski definition) is 6. The molecule has 31 heavy (non-hydrogen) atoms. The standard InChI is InChI=1S/C24H23NO4S2/c1-15-18(13-17-5-4-6-20(28-3)22(17)29-15)14-21-23(26)25(24(30)31-21)12-11-16-7-9-19(27-2)10-8-16/h4-10,13-15H,11-12H2,1-3H3/b21-14-. The fourth-order valence-corrected chi connectivity index (χ4v) is 4.82. The zero-order valence-corrected chi connectivity index (χ0v) is 19.2. The number of ether oxygens (including phenoxy) is 3. The summed E-state index contributed by atoms with van der Waals surface area (Å²) in [4.78, 5) is 15.3. The molecule has 160 valence electrons. The number of fused-ring (bicyclic) bond motifs is 1. The Morgan fingerprint density at radius 1 is 1.16 bits per heavy atom.